The average molecular weight is 826 g/mol. The monoisotopic (exact) mass is 826 g/mol. The van der Waals surface area contributed by atoms with Crippen LogP contribution < -0.4 is 22.5 Å². The van der Waals surface area contributed by atoms with Crippen molar-refractivity contribution in [3.05, 3.63) is 66.2 Å². The van der Waals surface area contributed by atoms with E-state index in [9.17, 15) is 63.1 Å². The lowest BCUT2D eigenvalue weighted by Gasteiger charge is -2.26. The van der Waals surface area contributed by atoms with Gasteiger partial charge in [-0.05, 0) is 0 Å². The number of hydrogen-bond donors (Lipinski definition) is 10. The van der Waals surface area contributed by atoms with Crippen molar-refractivity contribution in [2.24, 2.45) is 0 Å². The first kappa shape index (κ1) is 41.6. The van der Waals surface area contributed by atoms with Gasteiger partial charge in [0.2, 0.25) is 0 Å². The molecule has 0 saturated carbocycles. The summed E-state index contributed by atoms with van der Waals surface area (Å²) in [6.07, 6.45) is -17.7. The zero-order chi connectivity index (χ0) is 39.0. The number of nitrogens with one attached hydrogen (secondary N) is 2. The first-order valence-corrected chi connectivity index (χ1v) is 19.5. The van der Waals surface area contributed by atoms with Gasteiger partial charge in [-0.1, -0.05) is 0 Å². The lowest BCUT2D eigenvalue weighted by molar-refractivity contribution is -0.0638. The largest absolute Gasteiger partial charge is 0.472 e. The number of ether oxygens (including phenoxy) is 3. The Morgan fingerprint density at radius 3 is 1.66 bits per heavy atom. The Bertz CT molecular complexity index is 2000. The number of rotatable bonds is 15. The third kappa shape index (κ3) is 10.2. The minimum absolute atomic E-state index is 0.511. The van der Waals surface area contributed by atoms with Crippen LogP contribution >= 0.6 is 23.5 Å². The van der Waals surface area contributed by atoms with Crippen molar-refractivity contribution in [2.75, 3.05) is 26.4 Å². The van der Waals surface area contributed by atoms with Gasteiger partial charge in [-0.3, -0.25) is 51.3 Å². The van der Waals surface area contributed by atoms with E-state index in [-0.39, 0.29) is 0 Å². The molecule has 13 atom stereocenters. The zero-order valence-electron chi connectivity index (χ0n) is 26.4. The van der Waals surface area contributed by atoms with Crippen LogP contribution in [0.5, 0.6) is 0 Å². The van der Waals surface area contributed by atoms with E-state index in [0.717, 1.165) is 29.1 Å². The molecule has 2 aromatic heterocycles. The second kappa shape index (κ2) is 16.3. The minimum atomic E-state index is -5.41. The van der Waals surface area contributed by atoms with E-state index in [1.54, 1.807) is 0 Å². The number of aromatic nitrogens is 4. The van der Waals surface area contributed by atoms with Crippen molar-refractivity contribution in [3.63, 3.8) is 0 Å². The molecular weight excluding hydrogens is 793 g/mol. The van der Waals surface area contributed by atoms with E-state index in [0.29, 0.717) is 4.57 Å². The minimum Gasteiger partial charge on any atom is -0.388 e. The van der Waals surface area contributed by atoms with Crippen molar-refractivity contribution in [2.45, 2.75) is 67.4 Å². The molecule has 5 rings (SSSR count). The van der Waals surface area contributed by atoms with Crippen molar-refractivity contribution < 1.29 is 90.5 Å². The molecule has 30 heteroatoms. The molecule has 0 radical (unpaired) electrons. The number of H-pyrrole nitrogens is 2. The third-order valence-electron chi connectivity index (χ3n) is 7.84. The van der Waals surface area contributed by atoms with Gasteiger partial charge in [0.05, 0.1) is 26.4 Å². The number of aromatic amines is 2. The average Bonchev–Trinajstić information content (AvgIpc) is 3.65. The predicted octanol–water partition coefficient (Wildman–Crippen LogP) is -5.16. The molecule has 2 unspecified atom stereocenters. The van der Waals surface area contributed by atoms with Crippen molar-refractivity contribution >= 4 is 23.5 Å². The zero-order valence-corrected chi connectivity index (χ0v) is 29.1. The molecule has 3 fully saturated rings. The molecule has 0 aromatic carbocycles. The van der Waals surface area contributed by atoms with Crippen molar-refractivity contribution in [1.29, 1.82) is 0 Å². The fourth-order valence-electron chi connectivity index (χ4n) is 5.38. The molecule has 5 heterocycles. The summed E-state index contributed by atoms with van der Waals surface area (Å²) in [6, 6.07) is 1.77. The van der Waals surface area contributed by atoms with Gasteiger partial charge in [-0.2, -0.15) is 0 Å². The molecule has 10 N–H and O–H groups in total. The number of aliphatic hydroxyl groups excluding tert-OH is 4. The second-order valence-electron chi connectivity index (χ2n) is 11.5. The molecule has 298 valence electrons. The van der Waals surface area contributed by atoms with Crippen LogP contribution in [0, 0.1) is 0 Å². The Kier molecular flexibility index (Phi) is 12.7. The summed E-state index contributed by atoms with van der Waals surface area (Å²) in [6.45, 7) is -3.55. The van der Waals surface area contributed by atoms with Gasteiger partial charge < -0.3 is 54.2 Å². The highest BCUT2D eigenvalue weighted by molar-refractivity contribution is 7.47. The molecule has 53 heavy (non-hydrogen) atoms. The van der Waals surface area contributed by atoms with Gasteiger partial charge in [0.15, 0.2) is 12.5 Å². The number of phosphoric ester groups is 3. The quantitative estimate of drug-likeness (QED) is 0.0750. The lowest BCUT2D eigenvalue weighted by Crippen LogP contribution is -2.39. The van der Waals surface area contributed by atoms with Crippen molar-refractivity contribution in [3.8, 4) is 0 Å². The van der Waals surface area contributed by atoms with Crippen LogP contribution in [0.2, 0.25) is 0 Å². The van der Waals surface area contributed by atoms with Gasteiger partial charge in [0.25, 0.3) is 11.1 Å². The highest BCUT2D eigenvalue weighted by atomic mass is 31.2. The summed E-state index contributed by atoms with van der Waals surface area (Å²) in [5.74, 6) is 0. The van der Waals surface area contributed by atoms with Crippen LogP contribution in [0.25, 0.3) is 0 Å². The second-order valence-corrected chi connectivity index (χ2v) is 15.6. The first-order chi connectivity index (χ1) is 24.6. The van der Waals surface area contributed by atoms with Gasteiger partial charge >= 0.3 is 34.8 Å². The highest BCUT2D eigenvalue weighted by Gasteiger charge is 2.52. The molecule has 0 spiro atoms. The van der Waals surface area contributed by atoms with Crippen LogP contribution in [0.4, 0.5) is 0 Å². The molecule has 0 bridgehead atoms. The Labute approximate surface area is 293 Å². The number of phosphoric acid groups is 3. The molecule has 0 aliphatic carbocycles. The maximum atomic E-state index is 13.1. The maximum absolute atomic E-state index is 13.1. The molecule has 3 aliphatic rings. The van der Waals surface area contributed by atoms with E-state index in [1.807, 2.05) is 9.97 Å². The van der Waals surface area contributed by atoms with Crippen LogP contribution in [0.15, 0.2) is 43.7 Å². The van der Waals surface area contributed by atoms with Gasteiger partial charge in [0.1, 0.15) is 54.9 Å². The molecular formula is C23H33N4O23P3. The number of hydrogen-bond acceptors (Lipinski definition) is 19. The molecule has 0 amide bonds. The first-order valence-electron chi connectivity index (χ1n) is 14.9. The van der Waals surface area contributed by atoms with Crippen LogP contribution in [-0.4, -0.2) is 140 Å². The Morgan fingerprint density at radius 2 is 1.13 bits per heavy atom. The van der Waals surface area contributed by atoms with Gasteiger partial charge in [-0.25, -0.2) is 23.3 Å². The Morgan fingerprint density at radius 1 is 0.660 bits per heavy atom. The Balaban J connectivity index is 1.29. The Hall–Kier alpha value is -2.59. The summed E-state index contributed by atoms with van der Waals surface area (Å²) in [4.78, 5) is 90.2. The topological polar surface area (TPSA) is 397 Å². The fourth-order valence-corrected chi connectivity index (χ4v) is 7.67. The number of nitrogens with zero attached hydrogens (tertiary/aromatic N) is 2. The summed E-state index contributed by atoms with van der Waals surface area (Å²) in [5, 5.41) is 42.0. The standard InChI is InChI=1S/C23H33N4O23P3/c28-9-5-43-11(7-44-51(36,37)38)18(9)49-52(39,40)46-8-12-19(17(33)21(48-12)27-4-2-14(30)25-23(27)35)50-53(41,42)45-6-10-15(31)16(32)20(47-10)26-3-1-13(29)24-22(26)34/h1-4,9-12,15-21,28,31-33H,5-8H2,(H,39,40)(H,41,42)(H,24,29,34)(H,25,30,35)(H2,36,37,38)/t9-,10+,11+,12+,15+,16+,17+,18-,19+,20+,21+/m0/s1. The molecule has 3 aliphatic heterocycles. The van der Waals surface area contributed by atoms with Crippen LogP contribution in [-0.2, 0) is 50.5 Å². The predicted molar refractivity (Wildman–Crippen MR) is 164 cm³/mol. The number of aliphatic hydroxyl groups is 4. The normalized spacial score (nSPS) is 34.2. The third-order valence-corrected chi connectivity index (χ3v) is 10.3. The van der Waals surface area contributed by atoms with E-state index in [2.05, 4.69) is 4.52 Å². The molecule has 27 nitrogen and oxygen atoms in total. The summed E-state index contributed by atoms with van der Waals surface area (Å²) < 4.78 is 78.5. The highest BCUT2D eigenvalue weighted by Crippen LogP contribution is 2.51. The SMILES string of the molecule is O=c1ccn([C@@H]2O[C@H](COP(=O)(O)O[C@H]3[C@@H](O)[C@H](n4ccc(=O)[nH]c4=O)O[C@@H]3COP(=O)(O)O[C@H]3[C@@H](O)CO[C@@H]3COP(=O)(O)O)[C@@H](O)[C@H]2O)c(=O)[nH]1. The van der Waals surface area contributed by atoms with Gasteiger partial charge in [-0.15, -0.1) is 0 Å². The van der Waals surface area contributed by atoms with Crippen molar-refractivity contribution in [1.82, 2.24) is 19.1 Å². The fraction of sp³-hybridized carbons (Fsp3) is 0.652. The molecule has 2 aromatic rings. The maximum Gasteiger partial charge on any atom is 0.472 e. The summed E-state index contributed by atoms with van der Waals surface area (Å²) in [5.41, 5.74) is -3.79. The molecule has 3 saturated heterocycles. The van der Waals surface area contributed by atoms with Crippen LogP contribution in [0.1, 0.15) is 12.5 Å². The van der Waals surface area contributed by atoms with E-state index in [1.165, 1.54) is 0 Å². The van der Waals surface area contributed by atoms with E-state index >= 15 is 0 Å². The smallest absolute Gasteiger partial charge is 0.388 e. The van der Waals surface area contributed by atoms with E-state index in [4.69, 9.17) is 42.1 Å². The van der Waals surface area contributed by atoms with Crippen LogP contribution in [0.3, 0.4) is 0 Å². The summed E-state index contributed by atoms with van der Waals surface area (Å²) >= 11 is 0. The van der Waals surface area contributed by atoms with Gasteiger partial charge in [0, 0.05) is 24.5 Å². The summed E-state index contributed by atoms with van der Waals surface area (Å²) in [7, 11) is -15.8. The lowest BCUT2D eigenvalue weighted by atomic mass is 10.1. The van der Waals surface area contributed by atoms with E-state index < -0.39 is 140 Å².